The van der Waals surface area contributed by atoms with Gasteiger partial charge in [-0.3, -0.25) is 4.79 Å². The molecule has 0 aliphatic carbocycles. The molecule has 4 heteroatoms. The van der Waals surface area contributed by atoms with E-state index in [0.29, 0.717) is 30.3 Å². The molecule has 0 heterocycles. The highest BCUT2D eigenvalue weighted by Gasteiger charge is 2.09. The first-order valence-electron chi connectivity index (χ1n) is 5.49. The molecule has 0 radical (unpaired) electrons. The zero-order valence-corrected chi connectivity index (χ0v) is 10.5. The van der Waals surface area contributed by atoms with Gasteiger partial charge < -0.3 is 14.2 Å². The summed E-state index contributed by atoms with van der Waals surface area (Å²) in [6.07, 6.45) is 0.783. The minimum atomic E-state index is -0.0191. The van der Waals surface area contributed by atoms with Crippen molar-refractivity contribution < 1.29 is 19.0 Å². The molecule has 0 bridgehead atoms. The molecule has 94 valence electrons. The fourth-order valence-corrected chi connectivity index (χ4v) is 1.43. The van der Waals surface area contributed by atoms with Crippen molar-refractivity contribution in [3.05, 3.63) is 23.8 Å². The van der Waals surface area contributed by atoms with Gasteiger partial charge in [0, 0.05) is 26.2 Å². The summed E-state index contributed by atoms with van der Waals surface area (Å²) in [5, 5.41) is 0. The van der Waals surface area contributed by atoms with Gasteiger partial charge in [0.2, 0.25) is 0 Å². The van der Waals surface area contributed by atoms with Crippen LogP contribution in [0.2, 0.25) is 0 Å². The first-order valence-corrected chi connectivity index (χ1v) is 5.49. The van der Waals surface area contributed by atoms with Crippen LogP contribution in [0.3, 0.4) is 0 Å². The van der Waals surface area contributed by atoms with Crippen molar-refractivity contribution in [1.82, 2.24) is 0 Å². The molecule has 0 aliphatic rings. The number of ketones is 1. The first-order chi connectivity index (χ1) is 8.19. The molecular formula is C13H18O4. The van der Waals surface area contributed by atoms with E-state index in [-0.39, 0.29) is 5.78 Å². The van der Waals surface area contributed by atoms with Gasteiger partial charge in [-0.25, -0.2) is 0 Å². The van der Waals surface area contributed by atoms with E-state index < -0.39 is 0 Å². The molecule has 0 amide bonds. The molecule has 0 saturated heterocycles. The second-order valence-corrected chi connectivity index (χ2v) is 3.61. The van der Waals surface area contributed by atoms with Crippen molar-refractivity contribution in [2.45, 2.75) is 13.3 Å². The maximum absolute atomic E-state index is 11.4. The van der Waals surface area contributed by atoms with Crippen LogP contribution in [0.5, 0.6) is 11.5 Å². The number of methoxy groups -OCH3 is 2. The third kappa shape index (κ3) is 4.07. The van der Waals surface area contributed by atoms with Crippen LogP contribution in [0, 0.1) is 0 Å². The summed E-state index contributed by atoms with van der Waals surface area (Å²) < 4.78 is 15.6. The van der Waals surface area contributed by atoms with E-state index >= 15 is 0 Å². The monoisotopic (exact) mass is 238 g/mol. The molecule has 17 heavy (non-hydrogen) atoms. The minimum absolute atomic E-state index is 0.0191. The average molecular weight is 238 g/mol. The van der Waals surface area contributed by atoms with Crippen LogP contribution in [0.15, 0.2) is 18.2 Å². The van der Waals surface area contributed by atoms with E-state index in [1.807, 2.05) is 0 Å². The van der Waals surface area contributed by atoms with Gasteiger partial charge in [0.1, 0.15) is 11.5 Å². The maximum Gasteiger partial charge on any atom is 0.163 e. The molecule has 4 nitrogen and oxygen atoms in total. The van der Waals surface area contributed by atoms with Gasteiger partial charge in [-0.2, -0.15) is 0 Å². The molecule has 0 aromatic heterocycles. The zero-order valence-electron chi connectivity index (χ0n) is 10.5. The van der Waals surface area contributed by atoms with E-state index in [0.717, 1.165) is 6.42 Å². The number of hydrogen-bond donors (Lipinski definition) is 0. The number of Topliss-reactive ketones (excluding diaryl/α,β-unsaturated/α-hetero) is 1. The summed E-state index contributed by atoms with van der Waals surface area (Å²) in [6, 6.07) is 5.19. The summed E-state index contributed by atoms with van der Waals surface area (Å²) in [7, 11) is 3.23. The van der Waals surface area contributed by atoms with Crippen LogP contribution < -0.4 is 9.47 Å². The fourth-order valence-electron chi connectivity index (χ4n) is 1.43. The van der Waals surface area contributed by atoms with Crippen molar-refractivity contribution in [1.29, 1.82) is 0 Å². The van der Waals surface area contributed by atoms with Crippen LogP contribution in [-0.2, 0) is 4.74 Å². The van der Waals surface area contributed by atoms with E-state index in [1.165, 1.54) is 6.92 Å². The van der Waals surface area contributed by atoms with Gasteiger partial charge in [0.25, 0.3) is 0 Å². The van der Waals surface area contributed by atoms with Crippen LogP contribution in [-0.4, -0.2) is 33.2 Å². The molecule has 0 atom stereocenters. The van der Waals surface area contributed by atoms with Crippen LogP contribution >= 0.6 is 0 Å². The number of ether oxygens (including phenoxy) is 3. The quantitative estimate of drug-likeness (QED) is 0.540. The fraction of sp³-hybridized carbons (Fsp3) is 0.462. The van der Waals surface area contributed by atoms with Gasteiger partial charge in [-0.15, -0.1) is 0 Å². The van der Waals surface area contributed by atoms with Crippen molar-refractivity contribution in [3.63, 3.8) is 0 Å². The standard InChI is InChI=1S/C13H18O4/c1-10(14)12-6-5-11(16-3)9-13(12)17-8-4-7-15-2/h5-6,9H,4,7-8H2,1-3H3. The van der Waals surface area contributed by atoms with Crippen molar-refractivity contribution >= 4 is 5.78 Å². The first kappa shape index (κ1) is 13.5. The summed E-state index contributed by atoms with van der Waals surface area (Å²) >= 11 is 0. The third-order valence-corrected chi connectivity index (χ3v) is 2.32. The summed E-state index contributed by atoms with van der Waals surface area (Å²) in [5.74, 6) is 1.22. The lowest BCUT2D eigenvalue weighted by atomic mass is 10.1. The van der Waals surface area contributed by atoms with E-state index in [9.17, 15) is 4.79 Å². The molecule has 1 aromatic carbocycles. The Hall–Kier alpha value is -1.55. The lowest BCUT2D eigenvalue weighted by Gasteiger charge is -2.11. The summed E-state index contributed by atoms with van der Waals surface area (Å²) in [5.41, 5.74) is 0.572. The summed E-state index contributed by atoms with van der Waals surface area (Å²) in [4.78, 5) is 11.4. The SMILES string of the molecule is COCCCOc1cc(OC)ccc1C(C)=O. The molecule has 1 rings (SSSR count). The van der Waals surface area contributed by atoms with Gasteiger partial charge in [-0.05, 0) is 19.1 Å². The Labute approximate surface area is 101 Å². The number of benzene rings is 1. The molecule has 0 spiro atoms. The normalized spacial score (nSPS) is 10.1. The second-order valence-electron chi connectivity index (χ2n) is 3.61. The van der Waals surface area contributed by atoms with Crippen molar-refractivity contribution in [3.8, 4) is 11.5 Å². The topological polar surface area (TPSA) is 44.8 Å². The van der Waals surface area contributed by atoms with Crippen LogP contribution in [0.1, 0.15) is 23.7 Å². The molecule has 0 unspecified atom stereocenters. The maximum atomic E-state index is 11.4. The van der Waals surface area contributed by atoms with Crippen molar-refractivity contribution in [2.24, 2.45) is 0 Å². The lowest BCUT2D eigenvalue weighted by molar-refractivity contribution is 0.101. The van der Waals surface area contributed by atoms with Gasteiger partial charge in [-0.1, -0.05) is 0 Å². The van der Waals surface area contributed by atoms with Gasteiger partial charge >= 0.3 is 0 Å². The molecular weight excluding hydrogens is 220 g/mol. The highest BCUT2D eigenvalue weighted by molar-refractivity contribution is 5.97. The number of hydrogen-bond acceptors (Lipinski definition) is 4. The largest absolute Gasteiger partial charge is 0.497 e. The van der Waals surface area contributed by atoms with E-state index in [4.69, 9.17) is 14.2 Å². The van der Waals surface area contributed by atoms with Gasteiger partial charge in [0.15, 0.2) is 5.78 Å². The molecule has 0 aliphatic heterocycles. The Kier molecular flexibility index (Phi) is 5.49. The Morgan fingerprint density at radius 1 is 1.24 bits per heavy atom. The Bertz CT molecular complexity index is 374. The molecule has 0 N–H and O–H groups in total. The van der Waals surface area contributed by atoms with Crippen LogP contribution in [0.25, 0.3) is 0 Å². The smallest absolute Gasteiger partial charge is 0.163 e. The molecule has 0 saturated carbocycles. The highest BCUT2D eigenvalue weighted by atomic mass is 16.5. The lowest BCUT2D eigenvalue weighted by Crippen LogP contribution is -2.05. The minimum Gasteiger partial charge on any atom is -0.497 e. The van der Waals surface area contributed by atoms with Crippen molar-refractivity contribution in [2.75, 3.05) is 27.4 Å². The summed E-state index contributed by atoms with van der Waals surface area (Å²) in [6.45, 7) is 2.67. The average Bonchev–Trinajstić information content (AvgIpc) is 2.34. The zero-order chi connectivity index (χ0) is 12.7. The predicted octanol–water partition coefficient (Wildman–Crippen LogP) is 2.31. The number of rotatable bonds is 7. The Morgan fingerprint density at radius 2 is 2.00 bits per heavy atom. The second kappa shape index (κ2) is 6.91. The number of carbonyl (C=O) groups excluding carboxylic acids is 1. The van der Waals surface area contributed by atoms with E-state index in [2.05, 4.69) is 0 Å². The van der Waals surface area contributed by atoms with E-state index in [1.54, 1.807) is 32.4 Å². The third-order valence-electron chi connectivity index (χ3n) is 2.32. The molecule has 1 aromatic rings. The highest BCUT2D eigenvalue weighted by Crippen LogP contribution is 2.25. The number of carbonyl (C=O) groups is 1. The Morgan fingerprint density at radius 3 is 2.59 bits per heavy atom. The molecule has 0 fully saturated rings. The predicted molar refractivity (Wildman–Crippen MR) is 65.0 cm³/mol. The van der Waals surface area contributed by atoms with Gasteiger partial charge in [0.05, 0.1) is 19.3 Å². The Balaban J connectivity index is 2.75. The van der Waals surface area contributed by atoms with Crippen LogP contribution in [0.4, 0.5) is 0 Å².